The van der Waals surface area contributed by atoms with E-state index in [4.69, 9.17) is 4.74 Å². The van der Waals surface area contributed by atoms with Crippen LogP contribution in [0.4, 0.5) is 0 Å². The molecule has 0 atom stereocenters. The minimum Gasteiger partial charge on any atom is -0.497 e. The van der Waals surface area contributed by atoms with Crippen molar-refractivity contribution in [3.63, 3.8) is 0 Å². The number of fused-ring (bicyclic) bond motifs is 1. The Labute approximate surface area is 161 Å². The van der Waals surface area contributed by atoms with Crippen molar-refractivity contribution >= 4 is 16.3 Å². The van der Waals surface area contributed by atoms with Gasteiger partial charge in [0.2, 0.25) is 4.96 Å². The molecule has 0 amide bonds. The first-order valence-electron chi connectivity index (χ1n) is 9.05. The van der Waals surface area contributed by atoms with Gasteiger partial charge >= 0.3 is 0 Å². The van der Waals surface area contributed by atoms with Crippen LogP contribution in [0.3, 0.4) is 0 Å². The number of methoxy groups -OCH3 is 1. The molecule has 2 aromatic heterocycles. The topological polar surface area (TPSA) is 63.0 Å². The molecule has 8 heteroatoms. The van der Waals surface area contributed by atoms with E-state index in [1.165, 1.54) is 27.5 Å². The first kappa shape index (κ1) is 18.1. The first-order valence-corrected chi connectivity index (χ1v) is 9.86. The van der Waals surface area contributed by atoms with Crippen LogP contribution in [-0.2, 0) is 13.1 Å². The van der Waals surface area contributed by atoms with Gasteiger partial charge < -0.3 is 4.74 Å². The fourth-order valence-electron chi connectivity index (χ4n) is 3.31. The molecular weight excluding hydrogens is 362 g/mol. The van der Waals surface area contributed by atoms with Gasteiger partial charge in [0.05, 0.1) is 13.7 Å². The van der Waals surface area contributed by atoms with Crippen LogP contribution in [0.2, 0.25) is 0 Å². The molecule has 1 aliphatic rings. The van der Waals surface area contributed by atoms with Crippen LogP contribution in [0.15, 0.2) is 35.1 Å². The third kappa shape index (κ3) is 4.18. The second-order valence-corrected chi connectivity index (χ2v) is 7.87. The molecule has 1 aromatic carbocycles. The van der Waals surface area contributed by atoms with Gasteiger partial charge in [0, 0.05) is 44.5 Å². The maximum absolute atomic E-state index is 12.0. The lowest BCUT2D eigenvalue weighted by Gasteiger charge is -2.34. The number of rotatable bonds is 5. The van der Waals surface area contributed by atoms with Gasteiger partial charge in [0.15, 0.2) is 0 Å². The van der Waals surface area contributed by atoms with Gasteiger partial charge in [-0.3, -0.25) is 14.6 Å². The predicted octanol–water partition coefficient (Wildman–Crippen LogP) is 1.79. The molecule has 27 heavy (non-hydrogen) atoms. The summed E-state index contributed by atoms with van der Waals surface area (Å²) in [4.78, 5) is 21.9. The van der Waals surface area contributed by atoms with Crippen LogP contribution in [0.1, 0.15) is 16.3 Å². The van der Waals surface area contributed by atoms with E-state index in [2.05, 4.69) is 32.0 Å². The number of nitrogens with zero attached hydrogens (tertiary/aromatic N) is 5. The Balaban J connectivity index is 1.34. The summed E-state index contributed by atoms with van der Waals surface area (Å²) in [6, 6.07) is 9.79. The van der Waals surface area contributed by atoms with Gasteiger partial charge in [0.1, 0.15) is 10.8 Å². The van der Waals surface area contributed by atoms with Crippen molar-refractivity contribution in [1.29, 1.82) is 0 Å². The molecule has 0 radical (unpaired) electrons. The fraction of sp³-hybridized carbons (Fsp3) is 0.421. The lowest BCUT2D eigenvalue weighted by Crippen LogP contribution is -2.45. The maximum atomic E-state index is 12.0. The summed E-state index contributed by atoms with van der Waals surface area (Å²) in [6.45, 7) is 7.59. The molecule has 4 rings (SSSR count). The number of ether oxygens (including phenoxy) is 1. The van der Waals surface area contributed by atoms with Crippen molar-refractivity contribution in [1.82, 2.24) is 24.4 Å². The molecule has 0 bridgehead atoms. The van der Waals surface area contributed by atoms with Gasteiger partial charge in [-0.1, -0.05) is 23.5 Å². The van der Waals surface area contributed by atoms with E-state index in [1.54, 1.807) is 7.11 Å². The predicted molar refractivity (Wildman–Crippen MR) is 105 cm³/mol. The summed E-state index contributed by atoms with van der Waals surface area (Å²) in [6.07, 6.45) is 0. The Hall–Kier alpha value is -2.29. The normalized spacial score (nSPS) is 16.1. The van der Waals surface area contributed by atoms with E-state index in [0.29, 0.717) is 4.96 Å². The molecule has 0 unspecified atom stereocenters. The zero-order valence-electron chi connectivity index (χ0n) is 15.6. The molecule has 1 aliphatic heterocycles. The highest BCUT2D eigenvalue weighted by Crippen LogP contribution is 2.17. The molecule has 0 saturated carbocycles. The summed E-state index contributed by atoms with van der Waals surface area (Å²) in [5.41, 5.74) is 1.93. The van der Waals surface area contributed by atoms with Crippen LogP contribution < -0.4 is 10.3 Å². The molecule has 0 aliphatic carbocycles. The van der Waals surface area contributed by atoms with Crippen LogP contribution in [0.5, 0.6) is 5.75 Å². The molecular formula is C19H23N5O2S. The van der Waals surface area contributed by atoms with Crippen molar-refractivity contribution in [2.24, 2.45) is 0 Å². The van der Waals surface area contributed by atoms with E-state index in [-0.39, 0.29) is 5.56 Å². The minimum absolute atomic E-state index is 0.107. The highest BCUT2D eigenvalue weighted by atomic mass is 32.1. The molecule has 0 spiro atoms. The number of aromatic nitrogens is 3. The fourth-order valence-corrected chi connectivity index (χ4v) is 4.30. The number of aryl methyl sites for hydroxylation is 1. The minimum atomic E-state index is -0.107. The van der Waals surface area contributed by atoms with Crippen LogP contribution in [0.25, 0.3) is 4.96 Å². The average molecular weight is 385 g/mol. The summed E-state index contributed by atoms with van der Waals surface area (Å²) < 4.78 is 6.62. The van der Waals surface area contributed by atoms with Crippen LogP contribution >= 0.6 is 11.3 Å². The monoisotopic (exact) mass is 385 g/mol. The van der Waals surface area contributed by atoms with Crippen molar-refractivity contribution in [3.8, 4) is 5.75 Å². The Kier molecular flexibility index (Phi) is 5.20. The molecule has 7 nitrogen and oxygen atoms in total. The number of piperazine rings is 1. The molecule has 0 N–H and O–H groups in total. The average Bonchev–Trinajstić information content (AvgIpc) is 3.06. The number of hydrogen-bond acceptors (Lipinski definition) is 7. The van der Waals surface area contributed by atoms with Crippen LogP contribution in [-0.4, -0.2) is 57.7 Å². The molecule has 1 fully saturated rings. The molecule has 1 saturated heterocycles. The van der Waals surface area contributed by atoms with Crippen molar-refractivity contribution in [3.05, 3.63) is 57.0 Å². The molecule has 3 heterocycles. The highest BCUT2D eigenvalue weighted by molar-refractivity contribution is 7.16. The Morgan fingerprint density at radius 1 is 1.07 bits per heavy atom. The lowest BCUT2D eigenvalue weighted by atomic mass is 10.2. The van der Waals surface area contributed by atoms with E-state index < -0.39 is 0 Å². The largest absolute Gasteiger partial charge is 0.497 e. The quantitative estimate of drug-likeness (QED) is 0.667. The second kappa shape index (κ2) is 7.75. The highest BCUT2D eigenvalue weighted by Gasteiger charge is 2.19. The summed E-state index contributed by atoms with van der Waals surface area (Å²) in [5.74, 6) is 0.892. The molecule has 3 aromatic rings. The Morgan fingerprint density at radius 2 is 1.74 bits per heavy atom. The maximum Gasteiger partial charge on any atom is 0.275 e. The van der Waals surface area contributed by atoms with E-state index in [0.717, 1.165) is 55.7 Å². The van der Waals surface area contributed by atoms with Crippen molar-refractivity contribution in [2.45, 2.75) is 20.0 Å². The number of hydrogen-bond donors (Lipinski definition) is 0. The van der Waals surface area contributed by atoms with E-state index >= 15 is 0 Å². The number of benzene rings is 1. The van der Waals surface area contributed by atoms with Gasteiger partial charge in [0.25, 0.3) is 5.56 Å². The van der Waals surface area contributed by atoms with Gasteiger partial charge in [-0.25, -0.2) is 4.98 Å². The summed E-state index contributed by atoms with van der Waals surface area (Å²) in [5, 5.41) is 5.38. The third-order valence-corrected chi connectivity index (χ3v) is 5.70. The first-order chi connectivity index (χ1) is 13.1. The summed E-state index contributed by atoms with van der Waals surface area (Å²) in [7, 11) is 1.69. The lowest BCUT2D eigenvalue weighted by molar-refractivity contribution is 0.121. The van der Waals surface area contributed by atoms with Crippen molar-refractivity contribution < 1.29 is 4.74 Å². The van der Waals surface area contributed by atoms with E-state index in [9.17, 15) is 4.79 Å². The standard InChI is InChI=1S/C19H23N5O2S/c1-14-11-18(25)24-19(20-14)27-17(21-24)13-23-9-7-22(8-10-23)12-15-3-5-16(26-2)6-4-15/h3-6,11H,7-10,12-13H2,1-2H3. The zero-order chi connectivity index (χ0) is 18.8. The Morgan fingerprint density at radius 3 is 2.41 bits per heavy atom. The third-order valence-electron chi connectivity index (χ3n) is 4.80. The van der Waals surface area contributed by atoms with Gasteiger partial charge in [-0.2, -0.15) is 9.61 Å². The summed E-state index contributed by atoms with van der Waals surface area (Å²) >= 11 is 1.50. The smallest absolute Gasteiger partial charge is 0.275 e. The van der Waals surface area contributed by atoms with Crippen LogP contribution in [0, 0.1) is 6.92 Å². The zero-order valence-corrected chi connectivity index (χ0v) is 16.4. The molecule has 142 valence electrons. The van der Waals surface area contributed by atoms with Gasteiger partial charge in [-0.15, -0.1) is 0 Å². The van der Waals surface area contributed by atoms with E-state index in [1.807, 2.05) is 19.1 Å². The van der Waals surface area contributed by atoms with Crippen molar-refractivity contribution in [2.75, 3.05) is 33.3 Å². The second-order valence-electron chi connectivity index (χ2n) is 6.83. The van der Waals surface area contributed by atoms with Gasteiger partial charge in [-0.05, 0) is 24.6 Å². The SMILES string of the molecule is COc1ccc(CN2CCN(Cc3nn4c(=O)cc(C)nc4s3)CC2)cc1. The Bertz CT molecular complexity index is 974.